The third-order valence-electron chi connectivity index (χ3n) is 2.91. The number of aromatic nitrogens is 2. The second kappa shape index (κ2) is 5.48. The van der Waals surface area contributed by atoms with Crippen LogP contribution in [0, 0.1) is 0 Å². The Balaban J connectivity index is 2.40. The Morgan fingerprint density at radius 3 is 3.00 bits per heavy atom. The molecule has 1 amide bonds. The monoisotopic (exact) mass is 257 g/mol. The number of carbonyl (C=O) groups excluding carboxylic acids is 1. The quantitative estimate of drug-likeness (QED) is 0.839. The zero-order valence-electron chi connectivity index (χ0n) is 10.7. The van der Waals surface area contributed by atoms with Gasteiger partial charge in [0.2, 0.25) is 5.91 Å². The summed E-state index contributed by atoms with van der Waals surface area (Å²) in [6.07, 6.45) is 2.99. The van der Waals surface area contributed by atoms with Crippen molar-refractivity contribution in [3.8, 4) is 0 Å². The van der Waals surface area contributed by atoms with E-state index in [1.165, 1.54) is 10.9 Å². The van der Waals surface area contributed by atoms with Gasteiger partial charge in [0, 0.05) is 6.54 Å². The van der Waals surface area contributed by atoms with E-state index in [0.29, 0.717) is 17.4 Å². The van der Waals surface area contributed by atoms with Crippen LogP contribution in [0.15, 0.2) is 48.0 Å². The molecule has 0 spiro atoms. The SMILES string of the molecule is C=CCNC(=O)C(C)n1cnc2ccccc2c1=O. The number of para-hydroxylation sites is 1. The Labute approximate surface area is 110 Å². The molecule has 1 aromatic carbocycles. The molecule has 2 aromatic rings. The molecule has 0 saturated heterocycles. The minimum atomic E-state index is -0.607. The highest BCUT2D eigenvalue weighted by Crippen LogP contribution is 2.08. The summed E-state index contributed by atoms with van der Waals surface area (Å²) < 4.78 is 1.33. The van der Waals surface area contributed by atoms with E-state index in [1.807, 2.05) is 6.07 Å². The molecule has 0 radical (unpaired) electrons. The van der Waals surface area contributed by atoms with Crippen LogP contribution in [0.25, 0.3) is 10.9 Å². The molecule has 1 heterocycles. The van der Waals surface area contributed by atoms with Crippen molar-refractivity contribution in [3.63, 3.8) is 0 Å². The lowest BCUT2D eigenvalue weighted by molar-refractivity contribution is -0.123. The molecule has 98 valence electrons. The first-order valence-corrected chi connectivity index (χ1v) is 5.99. The summed E-state index contributed by atoms with van der Waals surface area (Å²) in [5.74, 6) is -0.237. The van der Waals surface area contributed by atoms with Crippen LogP contribution in [0.4, 0.5) is 0 Å². The molecule has 1 aromatic heterocycles. The summed E-state index contributed by atoms with van der Waals surface area (Å²) in [4.78, 5) is 28.3. The van der Waals surface area contributed by atoms with Crippen LogP contribution in [-0.4, -0.2) is 22.0 Å². The Morgan fingerprint density at radius 2 is 2.26 bits per heavy atom. The van der Waals surface area contributed by atoms with Gasteiger partial charge in [-0.15, -0.1) is 6.58 Å². The number of fused-ring (bicyclic) bond motifs is 1. The molecule has 2 rings (SSSR count). The number of hydrogen-bond donors (Lipinski definition) is 1. The third kappa shape index (κ3) is 2.54. The summed E-state index contributed by atoms with van der Waals surface area (Å²) >= 11 is 0. The minimum Gasteiger partial charge on any atom is -0.351 e. The molecule has 0 aliphatic rings. The second-order valence-corrected chi connectivity index (χ2v) is 4.18. The molecule has 0 aliphatic carbocycles. The van der Waals surface area contributed by atoms with Crippen molar-refractivity contribution in [2.45, 2.75) is 13.0 Å². The zero-order valence-corrected chi connectivity index (χ0v) is 10.7. The highest BCUT2D eigenvalue weighted by atomic mass is 16.2. The first-order chi connectivity index (χ1) is 9.15. The largest absolute Gasteiger partial charge is 0.351 e. The molecular formula is C14H15N3O2. The van der Waals surface area contributed by atoms with Crippen LogP contribution >= 0.6 is 0 Å². The van der Waals surface area contributed by atoms with Crippen LogP contribution in [0.5, 0.6) is 0 Å². The summed E-state index contributed by atoms with van der Waals surface area (Å²) in [6.45, 7) is 5.56. The summed E-state index contributed by atoms with van der Waals surface area (Å²) in [5, 5.41) is 3.17. The van der Waals surface area contributed by atoms with Crippen molar-refractivity contribution in [1.29, 1.82) is 0 Å². The van der Waals surface area contributed by atoms with E-state index in [-0.39, 0.29) is 11.5 Å². The Morgan fingerprint density at radius 1 is 1.53 bits per heavy atom. The van der Waals surface area contributed by atoms with E-state index in [4.69, 9.17) is 0 Å². The lowest BCUT2D eigenvalue weighted by Crippen LogP contribution is -2.35. The molecule has 0 aliphatic heterocycles. The number of rotatable bonds is 4. The standard InChI is InChI=1S/C14H15N3O2/c1-3-8-15-13(18)10(2)17-9-16-12-7-5-4-6-11(12)14(17)19/h3-7,9-10H,1,8H2,2H3,(H,15,18). The molecule has 5 heteroatoms. The smallest absolute Gasteiger partial charge is 0.261 e. The fourth-order valence-electron chi connectivity index (χ4n) is 1.81. The van der Waals surface area contributed by atoms with E-state index >= 15 is 0 Å². The second-order valence-electron chi connectivity index (χ2n) is 4.18. The van der Waals surface area contributed by atoms with E-state index in [9.17, 15) is 9.59 Å². The van der Waals surface area contributed by atoms with Gasteiger partial charge in [-0.2, -0.15) is 0 Å². The molecule has 1 atom stereocenters. The summed E-state index contributed by atoms with van der Waals surface area (Å²) in [7, 11) is 0. The molecule has 1 N–H and O–H groups in total. The number of amides is 1. The van der Waals surface area contributed by atoms with Crippen molar-refractivity contribution in [3.05, 3.63) is 53.6 Å². The molecule has 0 bridgehead atoms. The van der Waals surface area contributed by atoms with E-state index in [0.717, 1.165) is 0 Å². The Hall–Kier alpha value is -2.43. The molecule has 5 nitrogen and oxygen atoms in total. The molecule has 19 heavy (non-hydrogen) atoms. The number of benzene rings is 1. The van der Waals surface area contributed by atoms with Crippen molar-refractivity contribution >= 4 is 16.8 Å². The molecule has 1 unspecified atom stereocenters. The maximum absolute atomic E-state index is 12.3. The van der Waals surface area contributed by atoms with E-state index < -0.39 is 6.04 Å². The van der Waals surface area contributed by atoms with Gasteiger partial charge in [0.05, 0.1) is 17.2 Å². The maximum atomic E-state index is 12.3. The fourth-order valence-corrected chi connectivity index (χ4v) is 1.81. The highest BCUT2D eigenvalue weighted by molar-refractivity contribution is 5.81. The Bertz CT molecular complexity index is 676. The molecule has 0 fully saturated rings. The molecule has 0 saturated carbocycles. The minimum absolute atomic E-state index is 0.216. The van der Waals surface area contributed by atoms with Gasteiger partial charge in [0.15, 0.2) is 0 Å². The predicted molar refractivity (Wildman–Crippen MR) is 73.9 cm³/mol. The van der Waals surface area contributed by atoms with Gasteiger partial charge in [0.25, 0.3) is 5.56 Å². The van der Waals surface area contributed by atoms with Gasteiger partial charge in [0.1, 0.15) is 6.04 Å². The molecular weight excluding hydrogens is 242 g/mol. The van der Waals surface area contributed by atoms with Crippen LogP contribution in [0.1, 0.15) is 13.0 Å². The van der Waals surface area contributed by atoms with Crippen LogP contribution in [-0.2, 0) is 4.79 Å². The number of nitrogens with zero attached hydrogens (tertiary/aromatic N) is 2. The van der Waals surface area contributed by atoms with Gasteiger partial charge in [-0.05, 0) is 19.1 Å². The van der Waals surface area contributed by atoms with Crippen LogP contribution in [0.2, 0.25) is 0 Å². The summed E-state index contributed by atoms with van der Waals surface area (Å²) in [5.41, 5.74) is 0.411. The number of hydrogen-bond acceptors (Lipinski definition) is 3. The van der Waals surface area contributed by atoms with Crippen molar-refractivity contribution in [1.82, 2.24) is 14.9 Å². The first-order valence-electron chi connectivity index (χ1n) is 5.99. The van der Waals surface area contributed by atoms with Crippen LogP contribution < -0.4 is 10.9 Å². The van der Waals surface area contributed by atoms with Gasteiger partial charge < -0.3 is 5.32 Å². The van der Waals surface area contributed by atoms with Gasteiger partial charge in [-0.1, -0.05) is 18.2 Å². The predicted octanol–water partition coefficient (Wildman–Crippen LogP) is 1.26. The highest BCUT2D eigenvalue weighted by Gasteiger charge is 2.16. The third-order valence-corrected chi connectivity index (χ3v) is 2.91. The van der Waals surface area contributed by atoms with Crippen LogP contribution in [0.3, 0.4) is 0 Å². The number of nitrogens with one attached hydrogen (secondary N) is 1. The summed E-state index contributed by atoms with van der Waals surface area (Å²) in [6, 6.07) is 6.46. The van der Waals surface area contributed by atoms with Gasteiger partial charge >= 0.3 is 0 Å². The Kier molecular flexibility index (Phi) is 3.75. The zero-order chi connectivity index (χ0) is 13.8. The first kappa shape index (κ1) is 13.0. The topological polar surface area (TPSA) is 64.0 Å². The van der Waals surface area contributed by atoms with Gasteiger partial charge in [-0.25, -0.2) is 4.98 Å². The normalized spacial score (nSPS) is 12.1. The van der Waals surface area contributed by atoms with E-state index in [1.54, 1.807) is 31.2 Å². The van der Waals surface area contributed by atoms with Gasteiger partial charge in [-0.3, -0.25) is 14.2 Å². The average molecular weight is 257 g/mol. The average Bonchev–Trinajstić information content (AvgIpc) is 2.44. The van der Waals surface area contributed by atoms with Crippen molar-refractivity contribution in [2.75, 3.05) is 6.54 Å². The van der Waals surface area contributed by atoms with Crippen molar-refractivity contribution in [2.24, 2.45) is 0 Å². The fraction of sp³-hybridized carbons (Fsp3) is 0.214. The lowest BCUT2D eigenvalue weighted by Gasteiger charge is -2.14. The maximum Gasteiger partial charge on any atom is 0.261 e. The lowest BCUT2D eigenvalue weighted by atomic mass is 10.2. The number of carbonyl (C=O) groups is 1. The van der Waals surface area contributed by atoms with Crippen molar-refractivity contribution < 1.29 is 4.79 Å². The van der Waals surface area contributed by atoms with E-state index in [2.05, 4.69) is 16.9 Å².